The van der Waals surface area contributed by atoms with Crippen molar-refractivity contribution >= 4 is 35.2 Å². The van der Waals surface area contributed by atoms with Crippen LogP contribution in [0.1, 0.15) is 5.56 Å². The van der Waals surface area contributed by atoms with Gasteiger partial charge in [-0.1, -0.05) is 30.3 Å². The van der Waals surface area contributed by atoms with Gasteiger partial charge in [-0.05, 0) is 16.8 Å². The first kappa shape index (κ1) is 14.0. The molecular weight excluding hydrogens is 276 g/mol. The topological polar surface area (TPSA) is 61.3 Å². The average Bonchev–Trinajstić information content (AvgIpc) is 2.43. The highest BCUT2D eigenvalue weighted by atomic mass is 32.2. The third kappa shape index (κ3) is 3.11. The molecule has 0 heterocycles. The van der Waals surface area contributed by atoms with E-state index in [4.69, 9.17) is 16.2 Å². The molecule has 0 fully saturated rings. The van der Waals surface area contributed by atoms with Gasteiger partial charge in [-0.25, -0.2) is 0 Å². The third-order valence-electron chi connectivity index (χ3n) is 2.84. The fourth-order valence-electron chi connectivity index (χ4n) is 1.88. The predicted octanol–water partition coefficient (Wildman–Crippen LogP) is 3.06. The number of thioether (sulfide) groups is 1. The van der Waals surface area contributed by atoms with E-state index in [0.29, 0.717) is 15.8 Å². The Kier molecular flexibility index (Phi) is 4.50. The predicted molar refractivity (Wildman–Crippen MR) is 86.2 cm³/mol. The number of thiol groups is 1. The SMILES string of the molecule is COc1ccc2ccccc2c1CS/C(N)=C(\N)S. The molecular formula is C14H16N2OS2. The monoisotopic (exact) mass is 292 g/mol. The first-order valence-corrected chi connectivity index (χ1v) is 7.18. The molecule has 0 aliphatic carbocycles. The zero-order chi connectivity index (χ0) is 13.8. The molecule has 2 aromatic carbocycles. The molecule has 100 valence electrons. The van der Waals surface area contributed by atoms with E-state index >= 15 is 0 Å². The molecule has 0 saturated heterocycles. The molecule has 0 spiro atoms. The highest BCUT2D eigenvalue weighted by Gasteiger charge is 2.09. The highest BCUT2D eigenvalue weighted by Crippen LogP contribution is 2.32. The van der Waals surface area contributed by atoms with Gasteiger partial charge < -0.3 is 16.2 Å². The number of nitrogens with two attached hydrogens (primary N) is 2. The molecule has 0 unspecified atom stereocenters. The Balaban J connectivity index is 2.42. The van der Waals surface area contributed by atoms with E-state index in [1.54, 1.807) is 7.11 Å². The van der Waals surface area contributed by atoms with Gasteiger partial charge in [-0.15, -0.1) is 24.4 Å². The second-order valence-electron chi connectivity index (χ2n) is 4.01. The summed E-state index contributed by atoms with van der Waals surface area (Å²) in [7, 11) is 1.67. The lowest BCUT2D eigenvalue weighted by molar-refractivity contribution is 0.412. The molecule has 0 radical (unpaired) electrons. The second kappa shape index (κ2) is 6.12. The van der Waals surface area contributed by atoms with Crippen molar-refractivity contribution in [1.29, 1.82) is 0 Å². The fraction of sp³-hybridized carbons (Fsp3) is 0.143. The smallest absolute Gasteiger partial charge is 0.123 e. The van der Waals surface area contributed by atoms with Gasteiger partial charge in [0.1, 0.15) is 5.75 Å². The number of benzene rings is 2. The van der Waals surface area contributed by atoms with Crippen LogP contribution in [0.25, 0.3) is 10.8 Å². The summed E-state index contributed by atoms with van der Waals surface area (Å²) in [5.74, 6) is 1.55. The maximum Gasteiger partial charge on any atom is 0.123 e. The van der Waals surface area contributed by atoms with Crippen molar-refractivity contribution in [2.24, 2.45) is 11.5 Å². The number of hydrogen-bond donors (Lipinski definition) is 3. The maximum atomic E-state index is 5.80. The van der Waals surface area contributed by atoms with Crippen LogP contribution < -0.4 is 16.2 Å². The number of rotatable bonds is 4. The lowest BCUT2D eigenvalue weighted by Crippen LogP contribution is -2.02. The average molecular weight is 292 g/mol. The zero-order valence-electron chi connectivity index (χ0n) is 10.6. The van der Waals surface area contributed by atoms with Gasteiger partial charge in [0.05, 0.1) is 17.2 Å². The van der Waals surface area contributed by atoms with Crippen LogP contribution >= 0.6 is 24.4 Å². The minimum Gasteiger partial charge on any atom is -0.496 e. The van der Waals surface area contributed by atoms with E-state index in [2.05, 4.69) is 30.8 Å². The van der Waals surface area contributed by atoms with Crippen molar-refractivity contribution in [3.8, 4) is 5.75 Å². The summed E-state index contributed by atoms with van der Waals surface area (Å²) in [4.78, 5) is 0. The van der Waals surface area contributed by atoms with E-state index in [9.17, 15) is 0 Å². The minimum atomic E-state index is 0.351. The lowest BCUT2D eigenvalue weighted by atomic mass is 10.0. The Morgan fingerprint density at radius 3 is 2.63 bits per heavy atom. The third-order valence-corrected chi connectivity index (χ3v) is 4.20. The van der Waals surface area contributed by atoms with E-state index in [1.165, 1.54) is 22.5 Å². The van der Waals surface area contributed by atoms with Crippen LogP contribution in [-0.2, 0) is 5.75 Å². The minimum absolute atomic E-state index is 0.351. The standard InChI is InChI=1S/C14H16N2OS2/c1-17-12-7-6-9-4-2-3-5-10(9)11(12)8-19-14(16)13(15)18/h2-7,18H,8,15-16H2,1H3/b14-13+. The van der Waals surface area contributed by atoms with E-state index < -0.39 is 0 Å². The molecule has 0 amide bonds. The molecule has 5 heteroatoms. The van der Waals surface area contributed by atoms with Crippen LogP contribution in [0.15, 0.2) is 46.5 Å². The highest BCUT2D eigenvalue weighted by molar-refractivity contribution is 8.03. The fourth-order valence-corrected chi connectivity index (χ4v) is 2.82. The van der Waals surface area contributed by atoms with Crippen LogP contribution in [-0.4, -0.2) is 7.11 Å². The normalized spacial score (nSPS) is 12.3. The molecule has 0 bridgehead atoms. The Bertz CT molecular complexity index is 622. The van der Waals surface area contributed by atoms with Crippen molar-refractivity contribution in [2.45, 2.75) is 5.75 Å². The zero-order valence-corrected chi connectivity index (χ0v) is 12.3. The van der Waals surface area contributed by atoms with Crippen molar-refractivity contribution in [2.75, 3.05) is 7.11 Å². The molecule has 3 nitrogen and oxygen atoms in total. The van der Waals surface area contributed by atoms with Gasteiger partial charge >= 0.3 is 0 Å². The van der Waals surface area contributed by atoms with Crippen LogP contribution in [0.4, 0.5) is 0 Å². The number of hydrogen-bond acceptors (Lipinski definition) is 5. The van der Waals surface area contributed by atoms with Crippen molar-refractivity contribution in [1.82, 2.24) is 0 Å². The van der Waals surface area contributed by atoms with Gasteiger partial charge in [-0.3, -0.25) is 0 Å². The molecule has 2 aromatic rings. The van der Waals surface area contributed by atoms with E-state index in [1.807, 2.05) is 18.2 Å². The number of methoxy groups -OCH3 is 1. The van der Waals surface area contributed by atoms with Crippen LogP contribution in [0.2, 0.25) is 0 Å². The van der Waals surface area contributed by atoms with Crippen LogP contribution in [0, 0.1) is 0 Å². The second-order valence-corrected chi connectivity index (χ2v) is 5.50. The Morgan fingerprint density at radius 2 is 1.95 bits per heavy atom. The summed E-state index contributed by atoms with van der Waals surface area (Å²) < 4.78 is 5.43. The summed E-state index contributed by atoms with van der Waals surface area (Å²) in [5, 5.41) is 3.22. The van der Waals surface area contributed by atoms with Crippen molar-refractivity contribution in [3.63, 3.8) is 0 Å². The van der Waals surface area contributed by atoms with Gasteiger partial charge in [0.25, 0.3) is 0 Å². The molecule has 0 atom stereocenters. The molecule has 0 saturated carbocycles. The van der Waals surface area contributed by atoms with Gasteiger partial charge in [0.15, 0.2) is 0 Å². The van der Waals surface area contributed by atoms with Gasteiger partial charge in [0.2, 0.25) is 0 Å². The van der Waals surface area contributed by atoms with Crippen LogP contribution in [0.3, 0.4) is 0 Å². The summed E-state index contributed by atoms with van der Waals surface area (Å²) in [6.07, 6.45) is 0. The molecule has 0 aromatic heterocycles. The maximum absolute atomic E-state index is 5.80. The quantitative estimate of drug-likeness (QED) is 0.758. The molecule has 0 aliphatic rings. The lowest BCUT2D eigenvalue weighted by Gasteiger charge is -2.12. The summed E-state index contributed by atoms with van der Waals surface area (Å²) >= 11 is 5.50. The Hall–Kier alpha value is -1.46. The van der Waals surface area contributed by atoms with Crippen LogP contribution in [0.5, 0.6) is 5.75 Å². The largest absolute Gasteiger partial charge is 0.496 e. The van der Waals surface area contributed by atoms with Crippen molar-refractivity contribution < 1.29 is 4.74 Å². The first-order valence-electron chi connectivity index (χ1n) is 5.75. The Morgan fingerprint density at radius 1 is 1.21 bits per heavy atom. The summed E-state index contributed by atoms with van der Waals surface area (Å²) in [6.45, 7) is 0. The van der Waals surface area contributed by atoms with Gasteiger partial charge in [0, 0.05) is 11.3 Å². The number of ether oxygens (including phenoxy) is 1. The van der Waals surface area contributed by atoms with E-state index in [0.717, 1.165) is 11.3 Å². The molecule has 0 aliphatic heterocycles. The van der Waals surface area contributed by atoms with Gasteiger partial charge in [-0.2, -0.15) is 0 Å². The summed E-state index contributed by atoms with van der Waals surface area (Å²) in [6, 6.07) is 12.2. The van der Waals surface area contributed by atoms with E-state index in [-0.39, 0.29) is 0 Å². The Labute approximate surface area is 122 Å². The first-order chi connectivity index (χ1) is 9.13. The molecule has 19 heavy (non-hydrogen) atoms. The molecule has 4 N–H and O–H groups in total. The number of fused-ring (bicyclic) bond motifs is 1. The summed E-state index contributed by atoms with van der Waals surface area (Å²) in [5.41, 5.74) is 12.5. The molecule has 2 rings (SSSR count). The van der Waals surface area contributed by atoms with Crippen molar-refractivity contribution in [3.05, 3.63) is 52.0 Å².